The highest BCUT2D eigenvalue weighted by atomic mass is 19.1. The summed E-state index contributed by atoms with van der Waals surface area (Å²) in [6.07, 6.45) is 0. The monoisotopic (exact) mass is 381 g/mol. The fourth-order valence-corrected chi connectivity index (χ4v) is 2.67. The second kappa shape index (κ2) is 8.94. The van der Waals surface area contributed by atoms with E-state index in [4.69, 9.17) is 4.74 Å². The van der Waals surface area contributed by atoms with Gasteiger partial charge in [-0.1, -0.05) is 12.1 Å². The summed E-state index contributed by atoms with van der Waals surface area (Å²) in [7, 11) is 0. The maximum atomic E-state index is 13.6. The number of nitrogens with one attached hydrogen (secondary N) is 1. The third-order valence-corrected chi connectivity index (χ3v) is 4.06. The molecule has 0 fully saturated rings. The predicted molar refractivity (Wildman–Crippen MR) is 104 cm³/mol. The molecule has 3 aromatic rings. The number of aromatic nitrogens is 2. The van der Waals surface area contributed by atoms with E-state index in [1.165, 1.54) is 28.9 Å². The van der Waals surface area contributed by atoms with Gasteiger partial charge < -0.3 is 10.1 Å². The largest absolute Gasteiger partial charge is 0.494 e. The lowest BCUT2D eigenvalue weighted by Gasteiger charge is -2.09. The summed E-state index contributed by atoms with van der Waals surface area (Å²) in [6.45, 7) is 2.81. The van der Waals surface area contributed by atoms with Crippen molar-refractivity contribution in [3.63, 3.8) is 0 Å². The second-order valence-corrected chi connectivity index (χ2v) is 5.97. The molecule has 3 rings (SSSR count). The average Bonchev–Trinajstić information content (AvgIpc) is 2.70. The molecule has 1 N–H and O–H groups in total. The first-order valence-electron chi connectivity index (χ1n) is 8.92. The van der Waals surface area contributed by atoms with E-state index in [2.05, 4.69) is 10.4 Å². The molecule has 0 saturated heterocycles. The van der Waals surface area contributed by atoms with Crippen LogP contribution >= 0.6 is 0 Å². The fourth-order valence-electron chi connectivity index (χ4n) is 2.67. The van der Waals surface area contributed by atoms with Crippen LogP contribution in [-0.2, 0) is 6.54 Å². The molecule has 144 valence electrons. The lowest BCUT2D eigenvalue weighted by molar-refractivity contribution is 0.0947. The summed E-state index contributed by atoms with van der Waals surface area (Å²) in [5, 5.41) is 6.94. The number of carbonyl (C=O) groups excluding carboxylic acids is 1. The third-order valence-electron chi connectivity index (χ3n) is 4.06. The SMILES string of the molecule is CCOc1ccc(-c2ccc(=O)n(CCNC(=O)c3ccccc3F)n2)cc1. The molecular formula is C21H20FN3O3. The number of carbonyl (C=O) groups is 1. The molecular weight excluding hydrogens is 361 g/mol. The molecule has 0 spiro atoms. The summed E-state index contributed by atoms with van der Waals surface area (Å²) in [4.78, 5) is 24.1. The van der Waals surface area contributed by atoms with E-state index >= 15 is 0 Å². The van der Waals surface area contributed by atoms with Gasteiger partial charge >= 0.3 is 0 Å². The maximum Gasteiger partial charge on any atom is 0.266 e. The Kier molecular flexibility index (Phi) is 6.16. The second-order valence-electron chi connectivity index (χ2n) is 5.97. The quantitative estimate of drug-likeness (QED) is 0.683. The van der Waals surface area contributed by atoms with Gasteiger partial charge in [-0.3, -0.25) is 9.59 Å². The number of halogens is 1. The average molecular weight is 381 g/mol. The van der Waals surface area contributed by atoms with Gasteiger partial charge in [-0.05, 0) is 49.4 Å². The molecule has 0 atom stereocenters. The molecule has 0 aliphatic rings. The topological polar surface area (TPSA) is 73.2 Å². The number of benzene rings is 2. The molecule has 0 bridgehead atoms. The van der Waals surface area contributed by atoms with Crippen LogP contribution < -0.4 is 15.6 Å². The molecule has 0 aliphatic carbocycles. The van der Waals surface area contributed by atoms with Gasteiger partial charge in [0.25, 0.3) is 11.5 Å². The first-order valence-corrected chi connectivity index (χ1v) is 8.92. The Balaban J connectivity index is 1.67. The Labute approximate surface area is 161 Å². The van der Waals surface area contributed by atoms with Crippen molar-refractivity contribution >= 4 is 5.91 Å². The van der Waals surface area contributed by atoms with E-state index in [9.17, 15) is 14.0 Å². The van der Waals surface area contributed by atoms with Gasteiger partial charge in [0.1, 0.15) is 11.6 Å². The van der Waals surface area contributed by atoms with Crippen LogP contribution in [0.1, 0.15) is 17.3 Å². The van der Waals surface area contributed by atoms with E-state index in [1.54, 1.807) is 12.1 Å². The standard InChI is InChI=1S/C21H20FN3O3/c1-2-28-16-9-7-15(8-10-16)19-11-12-20(26)25(24-19)14-13-23-21(27)17-5-3-4-6-18(17)22/h3-12H,2,13-14H2,1H3,(H,23,27). The molecule has 0 radical (unpaired) electrons. The van der Waals surface area contributed by atoms with Crippen LogP contribution in [0, 0.1) is 5.82 Å². The molecule has 0 saturated carbocycles. The van der Waals surface area contributed by atoms with Crippen LogP contribution in [0.15, 0.2) is 65.5 Å². The zero-order chi connectivity index (χ0) is 19.9. The Hall–Kier alpha value is -3.48. The third kappa shape index (κ3) is 4.62. The van der Waals surface area contributed by atoms with Gasteiger partial charge in [-0.25, -0.2) is 9.07 Å². The summed E-state index contributed by atoms with van der Waals surface area (Å²) in [5.74, 6) is -0.364. The van der Waals surface area contributed by atoms with Gasteiger partial charge in [0.15, 0.2) is 0 Å². The normalized spacial score (nSPS) is 10.5. The minimum atomic E-state index is -0.590. The van der Waals surface area contributed by atoms with Crippen LogP contribution in [0.25, 0.3) is 11.3 Å². The molecule has 6 nitrogen and oxygen atoms in total. The van der Waals surface area contributed by atoms with E-state index in [-0.39, 0.29) is 24.2 Å². The Bertz CT molecular complexity index is 1020. The lowest BCUT2D eigenvalue weighted by Crippen LogP contribution is -2.32. The van der Waals surface area contributed by atoms with Crippen LogP contribution in [0.2, 0.25) is 0 Å². The van der Waals surface area contributed by atoms with Crippen LogP contribution in [0.4, 0.5) is 4.39 Å². The number of nitrogens with zero attached hydrogens (tertiary/aromatic N) is 2. The zero-order valence-electron chi connectivity index (χ0n) is 15.4. The number of amides is 1. The summed E-state index contributed by atoms with van der Waals surface area (Å²) in [5.41, 5.74) is 1.15. The van der Waals surface area contributed by atoms with Crippen molar-refractivity contribution in [3.05, 3.63) is 82.4 Å². The van der Waals surface area contributed by atoms with E-state index < -0.39 is 11.7 Å². The van der Waals surface area contributed by atoms with Gasteiger partial charge in [-0.2, -0.15) is 5.10 Å². The van der Waals surface area contributed by atoms with Gasteiger partial charge in [0.2, 0.25) is 0 Å². The Morgan fingerprint density at radius 2 is 1.86 bits per heavy atom. The lowest BCUT2D eigenvalue weighted by atomic mass is 10.1. The van der Waals surface area contributed by atoms with E-state index in [0.29, 0.717) is 12.3 Å². The van der Waals surface area contributed by atoms with E-state index in [0.717, 1.165) is 11.3 Å². The van der Waals surface area contributed by atoms with Crippen molar-refractivity contribution in [1.29, 1.82) is 0 Å². The number of hydrogen-bond acceptors (Lipinski definition) is 4. The number of rotatable bonds is 7. The minimum Gasteiger partial charge on any atom is -0.494 e. The Morgan fingerprint density at radius 3 is 2.57 bits per heavy atom. The maximum absolute atomic E-state index is 13.6. The molecule has 0 unspecified atom stereocenters. The van der Waals surface area contributed by atoms with Crippen molar-refractivity contribution in [1.82, 2.24) is 15.1 Å². The molecule has 7 heteroatoms. The number of hydrogen-bond donors (Lipinski definition) is 1. The number of ether oxygens (including phenoxy) is 1. The fraction of sp³-hybridized carbons (Fsp3) is 0.190. The zero-order valence-corrected chi connectivity index (χ0v) is 15.4. The van der Waals surface area contributed by atoms with E-state index in [1.807, 2.05) is 31.2 Å². The van der Waals surface area contributed by atoms with Crippen molar-refractivity contribution in [2.75, 3.05) is 13.2 Å². The Morgan fingerprint density at radius 1 is 1.11 bits per heavy atom. The van der Waals surface area contributed by atoms with Crippen LogP contribution in [-0.4, -0.2) is 28.8 Å². The molecule has 1 heterocycles. The van der Waals surface area contributed by atoms with Crippen molar-refractivity contribution in [2.45, 2.75) is 13.5 Å². The predicted octanol–water partition coefficient (Wildman–Crippen LogP) is 2.88. The molecule has 0 aliphatic heterocycles. The van der Waals surface area contributed by atoms with Crippen molar-refractivity contribution in [2.24, 2.45) is 0 Å². The first-order chi connectivity index (χ1) is 13.6. The highest BCUT2D eigenvalue weighted by Gasteiger charge is 2.10. The van der Waals surface area contributed by atoms with Gasteiger partial charge in [0.05, 0.1) is 24.4 Å². The first kappa shape index (κ1) is 19.3. The highest BCUT2D eigenvalue weighted by molar-refractivity contribution is 5.94. The smallest absolute Gasteiger partial charge is 0.266 e. The summed E-state index contributed by atoms with van der Waals surface area (Å²) >= 11 is 0. The van der Waals surface area contributed by atoms with Gasteiger partial charge in [-0.15, -0.1) is 0 Å². The summed E-state index contributed by atoms with van der Waals surface area (Å²) in [6, 6.07) is 16.2. The van der Waals surface area contributed by atoms with Gasteiger partial charge in [0, 0.05) is 18.2 Å². The molecule has 2 aromatic carbocycles. The summed E-state index contributed by atoms with van der Waals surface area (Å²) < 4.78 is 20.3. The molecule has 1 aromatic heterocycles. The van der Waals surface area contributed by atoms with Crippen molar-refractivity contribution in [3.8, 4) is 17.0 Å². The minimum absolute atomic E-state index is 0.0362. The highest BCUT2D eigenvalue weighted by Crippen LogP contribution is 2.19. The van der Waals surface area contributed by atoms with Crippen LogP contribution in [0.3, 0.4) is 0 Å². The van der Waals surface area contributed by atoms with Crippen LogP contribution in [0.5, 0.6) is 5.75 Å². The van der Waals surface area contributed by atoms with Crippen molar-refractivity contribution < 1.29 is 13.9 Å². The molecule has 28 heavy (non-hydrogen) atoms. The molecule has 1 amide bonds.